The van der Waals surface area contributed by atoms with Gasteiger partial charge in [0.25, 0.3) is 5.91 Å². The normalized spacial score (nSPS) is 27.1. The highest BCUT2D eigenvalue weighted by atomic mass is 32.1. The number of benzene rings is 1. The van der Waals surface area contributed by atoms with Gasteiger partial charge in [-0.05, 0) is 31.2 Å². The van der Waals surface area contributed by atoms with Crippen LogP contribution in [-0.4, -0.2) is 34.0 Å². The van der Waals surface area contributed by atoms with E-state index in [1.54, 1.807) is 16.2 Å². The van der Waals surface area contributed by atoms with Gasteiger partial charge in [-0.2, -0.15) is 0 Å². The number of carbonyl (C=O) groups is 2. The van der Waals surface area contributed by atoms with Crippen molar-refractivity contribution in [3.8, 4) is 0 Å². The Labute approximate surface area is 138 Å². The Kier molecular flexibility index (Phi) is 3.60. The Hall–Kier alpha value is -1.88. The second-order valence-corrected chi connectivity index (χ2v) is 7.47. The summed E-state index contributed by atoms with van der Waals surface area (Å²) in [6.45, 7) is 0. The molecule has 2 aromatic rings. The van der Waals surface area contributed by atoms with Gasteiger partial charge in [-0.15, -0.1) is 11.3 Å². The van der Waals surface area contributed by atoms with Gasteiger partial charge in [0.15, 0.2) is 0 Å². The topological polar surface area (TPSA) is 57.6 Å². The Balaban J connectivity index is 1.74. The first-order valence-corrected chi connectivity index (χ1v) is 9.06. The number of aliphatic carboxylic acids is 1. The van der Waals surface area contributed by atoms with Crippen LogP contribution in [0.15, 0.2) is 29.6 Å². The first-order chi connectivity index (χ1) is 11.2. The van der Waals surface area contributed by atoms with E-state index in [0.717, 1.165) is 35.8 Å². The smallest absolute Gasteiger partial charge is 0.326 e. The van der Waals surface area contributed by atoms with Crippen LogP contribution in [0.4, 0.5) is 0 Å². The van der Waals surface area contributed by atoms with Gasteiger partial charge in [-0.1, -0.05) is 31.0 Å². The molecular formula is C18H19NO3S. The summed E-state index contributed by atoms with van der Waals surface area (Å²) >= 11 is 1.55. The highest BCUT2D eigenvalue weighted by Gasteiger charge is 2.47. The van der Waals surface area contributed by atoms with Crippen LogP contribution in [0.3, 0.4) is 0 Å². The summed E-state index contributed by atoms with van der Waals surface area (Å²) in [7, 11) is 0. The molecule has 4 nitrogen and oxygen atoms in total. The minimum atomic E-state index is -0.868. The third-order valence-electron chi connectivity index (χ3n) is 5.32. The molecule has 1 aromatic carbocycles. The average molecular weight is 329 g/mol. The number of nitrogens with zero attached hydrogens (tertiary/aromatic N) is 1. The molecule has 23 heavy (non-hydrogen) atoms. The van der Waals surface area contributed by atoms with E-state index >= 15 is 0 Å². The molecule has 1 aromatic heterocycles. The zero-order valence-electron chi connectivity index (χ0n) is 12.8. The number of carboxylic acids is 1. The SMILES string of the molecule is O=C(O)C1CC2CCCCC2N1C(=O)c1csc2ccccc12. The molecule has 2 heterocycles. The first-order valence-electron chi connectivity index (χ1n) is 8.18. The van der Waals surface area contributed by atoms with Crippen molar-refractivity contribution in [3.63, 3.8) is 0 Å². The molecule has 3 unspecified atom stereocenters. The van der Waals surface area contributed by atoms with Crippen LogP contribution < -0.4 is 0 Å². The number of amides is 1. The monoisotopic (exact) mass is 329 g/mol. The summed E-state index contributed by atoms with van der Waals surface area (Å²) in [6, 6.07) is 7.25. The summed E-state index contributed by atoms with van der Waals surface area (Å²) in [5, 5.41) is 12.4. The minimum Gasteiger partial charge on any atom is -0.480 e. The van der Waals surface area contributed by atoms with Crippen LogP contribution in [0.25, 0.3) is 10.1 Å². The van der Waals surface area contributed by atoms with E-state index in [-0.39, 0.29) is 11.9 Å². The van der Waals surface area contributed by atoms with Gasteiger partial charge in [0.2, 0.25) is 0 Å². The van der Waals surface area contributed by atoms with Gasteiger partial charge in [-0.25, -0.2) is 4.79 Å². The Bertz CT molecular complexity index is 768. The Morgan fingerprint density at radius 3 is 2.78 bits per heavy atom. The lowest BCUT2D eigenvalue weighted by Crippen LogP contribution is -2.46. The van der Waals surface area contributed by atoms with E-state index in [9.17, 15) is 14.7 Å². The van der Waals surface area contributed by atoms with E-state index in [2.05, 4.69) is 0 Å². The van der Waals surface area contributed by atoms with Gasteiger partial charge in [0.05, 0.1) is 5.56 Å². The van der Waals surface area contributed by atoms with Crippen LogP contribution in [0.1, 0.15) is 42.5 Å². The lowest BCUT2D eigenvalue weighted by molar-refractivity contribution is -0.141. The maximum Gasteiger partial charge on any atom is 0.326 e. The number of hydrogen-bond acceptors (Lipinski definition) is 3. The molecule has 1 saturated heterocycles. The number of thiophene rings is 1. The van der Waals surface area contributed by atoms with Crippen molar-refractivity contribution in [1.82, 2.24) is 4.90 Å². The van der Waals surface area contributed by atoms with Crippen molar-refractivity contribution >= 4 is 33.3 Å². The molecule has 1 aliphatic carbocycles. The first kappa shape index (κ1) is 14.7. The Morgan fingerprint density at radius 1 is 1.17 bits per heavy atom. The molecule has 1 N–H and O–H groups in total. The van der Waals surface area contributed by atoms with Crippen LogP contribution in [0.5, 0.6) is 0 Å². The molecular weight excluding hydrogens is 310 g/mol. The molecule has 5 heteroatoms. The molecule has 3 atom stereocenters. The molecule has 0 bridgehead atoms. The molecule has 0 spiro atoms. The van der Waals surface area contributed by atoms with Crippen LogP contribution in [-0.2, 0) is 4.79 Å². The number of hydrogen-bond donors (Lipinski definition) is 1. The fraction of sp³-hybridized carbons (Fsp3) is 0.444. The van der Waals surface area contributed by atoms with Crippen molar-refractivity contribution in [2.24, 2.45) is 5.92 Å². The molecule has 120 valence electrons. The van der Waals surface area contributed by atoms with Crippen molar-refractivity contribution in [2.45, 2.75) is 44.2 Å². The van der Waals surface area contributed by atoms with E-state index in [1.807, 2.05) is 29.6 Å². The maximum atomic E-state index is 13.2. The van der Waals surface area contributed by atoms with Crippen LogP contribution >= 0.6 is 11.3 Å². The molecule has 2 aliphatic rings. The van der Waals surface area contributed by atoms with Crippen LogP contribution in [0.2, 0.25) is 0 Å². The predicted octanol–water partition coefficient (Wildman–Crippen LogP) is 3.76. The number of likely N-dealkylation sites (tertiary alicyclic amines) is 1. The van der Waals surface area contributed by atoms with E-state index in [0.29, 0.717) is 17.9 Å². The molecule has 1 aliphatic heterocycles. The highest BCUT2D eigenvalue weighted by molar-refractivity contribution is 7.17. The molecule has 0 radical (unpaired) electrons. The summed E-state index contributed by atoms with van der Waals surface area (Å²) < 4.78 is 1.07. The van der Waals surface area contributed by atoms with Crippen LogP contribution in [0, 0.1) is 5.92 Å². The van der Waals surface area contributed by atoms with Gasteiger partial charge in [0, 0.05) is 21.5 Å². The lowest BCUT2D eigenvalue weighted by atomic mass is 9.84. The third-order valence-corrected chi connectivity index (χ3v) is 6.28. The minimum absolute atomic E-state index is 0.0935. The summed E-state index contributed by atoms with van der Waals surface area (Å²) in [4.78, 5) is 26.5. The average Bonchev–Trinajstić information content (AvgIpc) is 3.16. The second-order valence-electron chi connectivity index (χ2n) is 6.56. The number of rotatable bonds is 2. The number of fused-ring (bicyclic) bond motifs is 2. The molecule has 2 fully saturated rings. The number of carbonyl (C=O) groups excluding carboxylic acids is 1. The van der Waals surface area contributed by atoms with Gasteiger partial charge >= 0.3 is 5.97 Å². The largest absolute Gasteiger partial charge is 0.480 e. The number of carboxylic acid groups (broad SMARTS) is 1. The highest BCUT2D eigenvalue weighted by Crippen LogP contribution is 2.41. The summed E-state index contributed by atoms with van der Waals surface area (Å²) in [5.41, 5.74) is 0.656. The lowest BCUT2D eigenvalue weighted by Gasteiger charge is -2.33. The van der Waals surface area contributed by atoms with Gasteiger partial charge < -0.3 is 10.0 Å². The van der Waals surface area contributed by atoms with Crippen molar-refractivity contribution in [2.75, 3.05) is 0 Å². The van der Waals surface area contributed by atoms with E-state index < -0.39 is 12.0 Å². The summed E-state index contributed by atoms with van der Waals surface area (Å²) in [5.74, 6) is -0.629. The van der Waals surface area contributed by atoms with E-state index in [4.69, 9.17) is 0 Å². The Morgan fingerprint density at radius 2 is 1.96 bits per heavy atom. The zero-order chi connectivity index (χ0) is 16.0. The van der Waals surface area contributed by atoms with Crippen molar-refractivity contribution < 1.29 is 14.7 Å². The third kappa shape index (κ3) is 2.34. The summed E-state index contributed by atoms with van der Waals surface area (Å²) in [6.07, 6.45) is 4.82. The van der Waals surface area contributed by atoms with Gasteiger partial charge in [0.1, 0.15) is 6.04 Å². The standard InChI is InChI=1S/C18H19NO3S/c20-17(13-10-23-16-8-4-2-6-12(13)16)19-14-7-3-1-5-11(14)9-15(19)18(21)22/h2,4,6,8,10-11,14-15H,1,3,5,7,9H2,(H,21,22). The van der Waals surface area contributed by atoms with Crippen molar-refractivity contribution in [1.29, 1.82) is 0 Å². The molecule has 1 amide bonds. The van der Waals surface area contributed by atoms with E-state index in [1.165, 1.54) is 0 Å². The fourth-order valence-electron chi connectivity index (χ4n) is 4.26. The quantitative estimate of drug-likeness (QED) is 0.912. The van der Waals surface area contributed by atoms with Crippen molar-refractivity contribution in [3.05, 3.63) is 35.2 Å². The predicted molar refractivity (Wildman–Crippen MR) is 89.8 cm³/mol. The fourth-order valence-corrected chi connectivity index (χ4v) is 5.19. The second kappa shape index (κ2) is 5.64. The zero-order valence-corrected chi connectivity index (χ0v) is 13.6. The molecule has 4 rings (SSSR count). The van der Waals surface area contributed by atoms with Gasteiger partial charge in [-0.3, -0.25) is 4.79 Å². The molecule has 1 saturated carbocycles. The maximum absolute atomic E-state index is 13.2.